The number of fused-ring (bicyclic) bond motifs is 1. The zero-order chi connectivity index (χ0) is 17.3. The Labute approximate surface area is 146 Å². The van der Waals surface area contributed by atoms with E-state index in [4.69, 9.17) is 9.47 Å². The van der Waals surface area contributed by atoms with E-state index >= 15 is 0 Å². The van der Waals surface area contributed by atoms with Crippen LogP contribution in [0.5, 0.6) is 5.88 Å². The summed E-state index contributed by atoms with van der Waals surface area (Å²) < 4.78 is 12.9. The van der Waals surface area contributed by atoms with E-state index in [0.717, 1.165) is 11.1 Å². The lowest BCUT2D eigenvalue weighted by Crippen LogP contribution is -2.61. The van der Waals surface area contributed by atoms with E-state index in [1.807, 2.05) is 25.1 Å². The summed E-state index contributed by atoms with van der Waals surface area (Å²) in [6.45, 7) is 3.04. The number of aliphatic hydroxyl groups is 1. The van der Waals surface area contributed by atoms with Gasteiger partial charge in [-0.15, -0.1) is 5.10 Å². The van der Waals surface area contributed by atoms with Crippen LogP contribution in [-0.4, -0.2) is 40.1 Å². The van der Waals surface area contributed by atoms with Crippen LogP contribution in [0.2, 0.25) is 0 Å². The molecule has 1 aliphatic heterocycles. The van der Waals surface area contributed by atoms with Gasteiger partial charge >= 0.3 is 5.97 Å². The lowest BCUT2D eigenvalue weighted by Gasteiger charge is -2.38. The summed E-state index contributed by atoms with van der Waals surface area (Å²) in [6.07, 6.45) is 2.49. The van der Waals surface area contributed by atoms with Crippen LogP contribution in [0.15, 0.2) is 54.7 Å². The fourth-order valence-corrected chi connectivity index (χ4v) is 3.14. The molecule has 0 saturated carbocycles. The van der Waals surface area contributed by atoms with Crippen molar-refractivity contribution in [3.05, 3.63) is 54.7 Å². The largest absolute Gasteiger partial charge is 0.418 e. The Kier molecular flexibility index (Phi) is 4.17. The molecule has 6 heteroatoms. The van der Waals surface area contributed by atoms with Gasteiger partial charge in [0.05, 0.1) is 12.3 Å². The minimum Gasteiger partial charge on any atom is -0.418 e. The van der Waals surface area contributed by atoms with Crippen molar-refractivity contribution in [1.29, 1.82) is 0 Å². The number of nitrogens with zero attached hydrogens (tertiary/aromatic N) is 2. The van der Waals surface area contributed by atoms with Crippen LogP contribution in [-0.2, 0) is 4.74 Å². The summed E-state index contributed by atoms with van der Waals surface area (Å²) in [5, 5.41) is 20.6. The van der Waals surface area contributed by atoms with Crippen molar-refractivity contribution in [3.63, 3.8) is 0 Å². The Balaban J connectivity index is 1.58. The number of hydrogen-bond donors (Lipinski definition) is 2. The van der Waals surface area contributed by atoms with E-state index in [9.17, 15) is 5.11 Å². The number of nitrogens with one attached hydrogen (secondary N) is 1. The van der Waals surface area contributed by atoms with Crippen LogP contribution in [0.3, 0.4) is 0 Å². The van der Waals surface area contributed by atoms with Crippen LogP contribution >= 0.6 is 0 Å². The molecule has 1 saturated heterocycles. The molecule has 2 N–H and O–H groups in total. The molecule has 0 radical (unpaired) electrons. The number of morpholine rings is 1. The van der Waals surface area contributed by atoms with Crippen LogP contribution < -0.4 is 10.1 Å². The summed E-state index contributed by atoms with van der Waals surface area (Å²) in [4.78, 5) is 0. The molecule has 2 atom stereocenters. The van der Waals surface area contributed by atoms with Crippen molar-refractivity contribution < 1.29 is 14.6 Å². The molecule has 0 spiro atoms. The summed E-state index contributed by atoms with van der Waals surface area (Å²) in [5.74, 6) is -1.38. The van der Waals surface area contributed by atoms with E-state index in [-0.39, 0.29) is 6.04 Å². The summed E-state index contributed by atoms with van der Waals surface area (Å²) in [5.41, 5.74) is 0.926. The normalized spacial score (nSPS) is 23.7. The first-order chi connectivity index (χ1) is 12.2. The highest BCUT2D eigenvalue weighted by atomic mass is 16.8. The van der Waals surface area contributed by atoms with Gasteiger partial charge in [0.2, 0.25) is 5.88 Å². The van der Waals surface area contributed by atoms with Crippen molar-refractivity contribution in [3.8, 4) is 11.6 Å². The molecule has 2 heterocycles. The van der Waals surface area contributed by atoms with E-state index in [0.29, 0.717) is 25.5 Å². The highest BCUT2D eigenvalue weighted by molar-refractivity contribution is 5.84. The first-order valence-corrected chi connectivity index (χ1v) is 8.51. The third kappa shape index (κ3) is 3.11. The summed E-state index contributed by atoms with van der Waals surface area (Å²) in [7, 11) is 0. The Morgan fingerprint density at radius 2 is 2.12 bits per heavy atom. The molecule has 130 valence electrons. The van der Waals surface area contributed by atoms with E-state index < -0.39 is 5.97 Å². The van der Waals surface area contributed by atoms with E-state index in [1.165, 1.54) is 5.39 Å². The Hall–Kier alpha value is -2.41. The van der Waals surface area contributed by atoms with E-state index in [1.54, 1.807) is 16.9 Å². The van der Waals surface area contributed by atoms with Gasteiger partial charge in [-0.05, 0) is 29.3 Å². The lowest BCUT2D eigenvalue weighted by molar-refractivity contribution is -0.347. The quantitative estimate of drug-likeness (QED) is 0.715. The van der Waals surface area contributed by atoms with Gasteiger partial charge in [0.25, 0.3) is 0 Å². The molecule has 1 fully saturated rings. The molecule has 0 aliphatic carbocycles. The van der Waals surface area contributed by atoms with Crippen LogP contribution in [0.1, 0.15) is 13.3 Å². The second-order valence-corrected chi connectivity index (χ2v) is 6.13. The minimum absolute atomic E-state index is 0.299. The molecule has 4 rings (SSSR count). The van der Waals surface area contributed by atoms with Gasteiger partial charge in [-0.25, -0.2) is 4.68 Å². The highest BCUT2D eigenvalue weighted by Crippen LogP contribution is 2.24. The standard InChI is InChI=1S/C19H21N3O3/c1-2-17-19(23,24-12-10-20-17)25-18-9-11-22(21-18)16-8-7-14-5-3-4-6-15(14)13-16/h3-9,11,13,17,20,23H,2,10,12H2,1H3. The fraction of sp³-hybridized carbons (Fsp3) is 0.316. The molecule has 2 aromatic carbocycles. The predicted molar refractivity (Wildman–Crippen MR) is 94.7 cm³/mol. The maximum absolute atomic E-state index is 10.6. The lowest BCUT2D eigenvalue weighted by atomic mass is 10.1. The van der Waals surface area contributed by atoms with Gasteiger partial charge < -0.3 is 19.9 Å². The first kappa shape index (κ1) is 16.1. The molecular formula is C19H21N3O3. The SMILES string of the molecule is CCC1NCCOC1(O)Oc1ccn(-c2ccc3ccccc3c2)n1. The molecular weight excluding hydrogens is 318 g/mol. The van der Waals surface area contributed by atoms with Crippen molar-refractivity contribution in [2.45, 2.75) is 25.4 Å². The fourth-order valence-electron chi connectivity index (χ4n) is 3.14. The zero-order valence-corrected chi connectivity index (χ0v) is 14.1. The maximum Gasteiger partial charge on any atom is 0.342 e. The highest BCUT2D eigenvalue weighted by Gasteiger charge is 2.42. The monoisotopic (exact) mass is 339 g/mol. The number of aromatic nitrogens is 2. The molecule has 0 bridgehead atoms. The number of hydrogen-bond acceptors (Lipinski definition) is 5. The molecule has 1 aromatic heterocycles. The van der Waals surface area contributed by atoms with Crippen LogP contribution in [0, 0.1) is 0 Å². The Bertz CT molecular complexity index is 879. The van der Waals surface area contributed by atoms with Gasteiger partial charge in [-0.2, -0.15) is 0 Å². The topological polar surface area (TPSA) is 68.5 Å². The third-order valence-electron chi connectivity index (χ3n) is 4.46. The Morgan fingerprint density at radius 1 is 1.28 bits per heavy atom. The summed E-state index contributed by atoms with van der Waals surface area (Å²) >= 11 is 0. The van der Waals surface area contributed by atoms with Crippen molar-refractivity contribution >= 4 is 10.8 Å². The minimum atomic E-state index is -1.70. The van der Waals surface area contributed by atoms with Gasteiger partial charge in [0.1, 0.15) is 6.04 Å². The summed E-state index contributed by atoms with van der Waals surface area (Å²) in [6, 6.07) is 15.7. The zero-order valence-electron chi connectivity index (χ0n) is 14.1. The van der Waals surface area contributed by atoms with Crippen molar-refractivity contribution in [2.75, 3.05) is 13.2 Å². The number of rotatable bonds is 4. The average molecular weight is 339 g/mol. The second kappa shape index (κ2) is 6.48. The molecule has 6 nitrogen and oxygen atoms in total. The number of ether oxygens (including phenoxy) is 2. The molecule has 3 aromatic rings. The molecule has 0 amide bonds. The third-order valence-corrected chi connectivity index (χ3v) is 4.46. The van der Waals surface area contributed by atoms with Crippen molar-refractivity contribution in [1.82, 2.24) is 15.1 Å². The first-order valence-electron chi connectivity index (χ1n) is 8.51. The number of benzene rings is 2. The van der Waals surface area contributed by atoms with Gasteiger partial charge in [-0.1, -0.05) is 37.3 Å². The molecule has 2 unspecified atom stereocenters. The van der Waals surface area contributed by atoms with Crippen LogP contribution in [0.25, 0.3) is 16.5 Å². The van der Waals surface area contributed by atoms with Gasteiger partial charge in [0, 0.05) is 18.8 Å². The van der Waals surface area contributed by atoms with Gasteiger partial charge in [0.15, 0.2) is 0 Å². The van der Waals surface area contributed by atoms with Crippen LogP contribution in [0.4, 0.5) is 0 Å². The molecule has 25 heavy (non-hydrogen) atoms. The van der Waals surface area contributed by atoms with E-state index in [2.05, 4.69) is 34.7 Å². The predicted octanol–water partition coefficient (Wildman–Crippen LogP) is 2.45. The Morgan fingerprint density at radius 3 is 2.96 bits per heavy atom. The average Bonchev–Trinajstić information content (AvgIpc) is 3.09. The maximum atomic E-state index is 10.6. The molecule has 1 aliphatic rings. The van der Waals surface area contributed by atoms with Crippen molar-refractivity contribution in [2.24, 2.45) is 0 Å². The second-order valence-electron chi connectivity index (χ2n) is 6.13. The smallest absolute Gasteiger partial charge is 0.342 e. The van der Waals surface area contributed by atoms with Gasteiger partial charge in [-0.3, -0.25) is 0 Å².